The predicted molar refractivity (Wildman–Crippen MR) is 131 cm³/mol. The molecule has 156 valence electrons. The highest BCUT2D eigenvalue weighted by atomic mass is 127. The molecule has 1 aliphatic rings. The summed E-state index contributed by atoms with van der Waals surface area (Å²) in [6.45, 7) is 1.11. The van der Waals surface area contributed by atoms with Crippen LogP contribution in [0.2, 0.25) is 0 Å². The van der Waals surface area contributed by atoms with Crippen molar-refractivity contribution in [3.05, 3.63) is 69.4 Å². The molecule has 0 spiro atoms. The van der Waals surface area contributed by atoms with Crippen molar-refractivity contribution >= 4 is 45.6 Å². The van der Waals surface area contributed by atoms with Gasteiger partial charge in [0.25, 0.3) is 5.91 Å². The number of fused-ring (bicyclic) bond motifs is 1. The Bertz CT molecular complexity index is 1020. The molecule has 1 saturated carbocycles. The van der Waals surface area contributed by atoms with Crippen LogP contribution in [0.15, 0.2) is 59.8 Å². The first-order valence-corrected chi connectivity index (χ1v) is 11.6. The fourth-order valence-electron chi connectivity index (χ4n) is 4.05. The Labute approximate surface area is 191 Å². The molecule has 0 aliphatic heterocycles. The number of amides is 1. The van der Waals surface area contributed by atoms with Gasteiger partial charge in [0.1, 0.15) is 0 Å². The van der Waals surface area contributed by atoms with Crippen LogP contribution in [0.25, 0.3) is 10.9 Å². The standard InChI is InChI=1S/C24H27IN4O/c25-20-12-10-18(11-13-20)16-29-17-19(22-8-4-5-9-23(22)29)14-27-28-24(30)15-26-21-6-2-1-3-7-21/h4-5,8-14,17,21,26H,1-3,6-7,15-16H2,(H,28,30)/b27-14-. The maximum absolute atomic E-state index is 12.1. The molecule has 1 heterocycles. The van der Waals surface area contributed by atoms with E-state index in [-0.39, 0.29) is 5.91 Å². The highest BCUT2D eigenvalue weighted by Crippen LogP contribution is 2.21. The number of carbonyl (C=O) groups is 1. The number of hydrogen-bond acceptors (Lipinski definition) is 3. The Morgan fingerprint density at radius 3 is 2.67 bits per heavy atom. The smallest absolute Gasteiger partial charge is 0.254 e. The summed E-state index contributed by atoms with van der Waals surface area (Å²) in [5.41, 5.74) is 6.06. The van der Waals surface area contributed by atoms with E-state index in [4.69, 9.17) is 0 Å². The molecule has 0 atom stereocenters. The number of nitrogens with one attached hydrogen (secondary N) is 2. The van der Waals surface area contributed by atoms with Crippen molar-refractivity contribution in [2.45, 2.75) is 44.7 Å². The van der Waals surface area contributed by atoms with Gasteiger partial charge in [-0.3, -0.25) is 4.79 Å². The lowest BCUT2D eigenvalue weighted by molar-refractivity contribution is -0.120. The van der Waals surface area contributed by atoms with Crippen molar-refractivity contribution in [1.29, 1.82) is 0 Å². The highest BCUT2D eigenvalue weighted by Gasteiger charge is 2.13. The fourth-order valence-corrected chi connectivity index (χ4v) is 4.41. The zero-order chi connectivity index (χ0) is 20.8. The first-order valence-electron chi connectivity index (χ1n) is 10.6. The number of para-hydroxylation sites is 1. The maximum Gasteiger partial charge on any atom is 0.254 e. The minimum absolute atomic E-state index is 0.0977. The first-order chi connectivity index (χ1) is 14.7. The summed E-state index contributed by atoms with van der Waals surface area (Å²) in [5.74, 6) is -0.0977. The molecule has 0 radical (unpaired) electrons. The van der Waals surface area contributed by atoms with Crippen molar-refractivity contribution in [3.63, 3.8) is 0 Å². The van der Waals surface area contributed by atoms with E-state index < -0.39 is 0 Å². The Balaban J connectivity index is 1.40. The Kier molecular flexibility index (Phi) is 7.17. The number of benzene rings is 2. The van der Waals surface area contributed by atoms with E-state index in [1.165, 1.54) is 28.4 Å². The lowest BCUT2D eigenvalue weighted by atomic mass is 9.95. The van der Waals surface area contributed by atoms with E-state index in [9.17, 15) is 4.79 Å². The van der Waals surface area contributed by atoms with Crippen molar-refractivity contribution in [3.8, 4) is 0 Å². The molecule has 0 unspecified atom stereocenters. The number of hydrazone groups is 1. The molecule has 30 heavy (non-hydrogen) atoms. The summed E-state index contributed by atoms with van der Waals surface area (Å²) in [5, 5.41) is 8.68. The van der Waals surface area contributed by atoms with Crippen LogP contribution >= 0.6 is 22.6 Å². The van der Waals surface area contributed by atoms with Gasteiger partial charge < -0.3 is 9.88 Å². The first kappa shape index (κ1) is 21.1. The summed E-state index contributed by atoms with van der Waals surface area (Å²) in [6.07, 6.45) is 9.98. The number of rotatable bonds is 7. The third-order valence-electron chi connectivity index (χ3n) is 5.63. The van der Waals surface area contributed by atoms with Crippen LogP contribution in [0.4, 0.5) is 0 Å². The molecule has 0 bridgehead atoms. The van der Waals surface area contributed by atoms with E-state index >= 15 is 0 Å². The lowest BCUT2D eigenvalue weighted by Gasteiger charge is -2.22. The van der Waals surface area contributed by atoms with E-state index in [0.717, 1.165) is 35.9 Å². The average molecular weight is 514 g/mol. The van der Waals surface area contributed by atoms with Gasteiger partial charge in [0.15, 0.2) is 0 Å². The minimum atomic E-state index is -0.0977. The summed E-state index contributed by atoms with van der Waals surface area (Å²) in [6, 6.07) is 17.3. The number of carbonyl (C=O) groups excluding carboxylic acids is 1. The fraction of sp³-hybridized carbons (Fsp3) is 0.333. The van der Waals surface area contributed by atoms with Crippen LogP contribution in [0.1, 0.15) is 43.2 Å². The quantitative estimate of drug-likeness (QED) is 0.274. The summed E-state index contributed by atoms with van der Waals surface area (Å²) >= 11 is 2.32. The number of hydrogen-bond donors (Lipinski definition) is 2. The second kappa shape index (κ2) is 10.2. The minimum Gasteiger partial charge on any atom is -0.342 e. The third kappa shape index (κ3) is 5.49. The van der Waals surface area contributed by atoms with Crippen molar-refractivity contribution in [1.82, 2.24) is 15.3 Å². The predicted octanol–water partition coefficient (Wildman–Crippen LogP) is 4.67. The van der Waals surface area contributed by atoms with Crippen LogP contribution in [0.5, 0.6) is 0 Å². The van der Waals surface area contributed by atoms with Crippen molar-refractivity contribution in [2.24, 2.45) is 5.10 Å². The molecule has 2 N–H and O–H groups in total. The van der Waals surface area contributed by atoms with Crippen molar-refractivity contribution in [2.75, 3.05) is 6.54 Å². The second-order valence-corrected chi connectivity index (χ2v) is 9.11. The molecule has 3 aromatic rings. The van der Waals surface area contributed by atoms with Crippen LogP contribution in [0.3, 0.4) is 0 Å². The topological polar surface area (TPSA) is 58.4 Å². The number of nitrogens with zero attached hydrogens (tertiary/aromatic N) is 2. The molecule has 1 aliphatic carbocycles. The van der Waals surface area contributed by atoms with Gasteiger partial charge in [-0.1, -0.05) is 49.6 Å². The molecule has 2 aromatic carbocycles. The molecule has 0 saturated heterocycles. The summed E-state index contributed by atoms with van der Waals surface area (Å²) in [7, 11) is 0. The Morgan fingerprint density at radius 1 is 1.10 bits per heavy atom. The molecule has 5 nitrogen and oxygen atoms in total. The van der Waals surface area contributed by atoms with Gasteiger partial charge in [0.2, 0.25) is 0 Å². The third-order valence-corrected chi connectivity index (χ3v) is 6.35. The normalized spacial score (nSPS) is 15.1. The largest absolute Gasteiger partial charge is 0.342 e. The van der Waals surface area contributed by atoms with Crippen LogP contribution < -0.4 is 10.7 Å². The maximum atomic E-state index is 12.1. The van der Waals surface area contributed by atoms with Crippen molar-refractivity contribution < 1.29 is 4.79 Å². The van der Waals surface area contributed by atoms with Gasteiger partial charge in [0.05, 0.1) is 12.8 Å². The Morgan fingerprint density at radius 2 is 1.87 bits per heavy atom. The zero-order valence-electron chi connectivity index (χ0n) is 17.0. The SMILES string of the molecule is O=C(CNC1CCCCC1)N/N=C\c1cn(Cc2ccc(I)cc2)c2ccccc12. The summed E-state index contributed by atoms with van der Waals surface area (Å²) < 4.78 is 3.46. The lowest BCUT2D eigenvalue weighted by Crippen LogP contribution is -2.38. The number of aromatic nitrogens is 1. The molecular formula is C24H27IN4O. The van der Waals surface area contributed by atoms with Gasteiger partial charge in [-0.25, -0.2) is 5.43 Å². The van der Waals surface area contributed by atoms with Gasteiger partial charge >= 0.3 is 0 Å². The van der Waals surface area contributed by atoms with Gasteiger partial charge in [-0.2, -0.15) is 5.10 Å². The van der Waals surface area contributed by atoms with E-state index in [1.807, 2.05) is 12.1 Å². The van der Waals surface area contributed by atoms with Crippen LogP contribution in [-0.2, 0) is 11.3 Å². The van der Waals surface area contributed by atoms with Gasteiger partial charge in [0, 0.05) is 38.8 Å². The van der Waals surface area contributed by atoms with Crippen LogP contribution in [0, 0.1) is 3.57 Å². The summed E-state index contributed by atoms with van der Waals surface area (Å²) in [4.78, 5) is 12.1. The highest BCUT2D eigenvalue weighted by molar-refractivity contribution is 14.1. The monoisotopic (exact) mass is 514 g/mol. The second-order valence-electron chi connectivity index (χ2n) is 7.86. The molecule has 1 fully saturated rings. The number of halogens is 1. The molecule has 6 heteroatoms. The zero-order valence-corrected chi connectivity index (χ0v) is 19.1. The van der Waals surface area contributed by atoms with E-state index in [0.29, 0.717) is 12.6 Å². The van der Waals surface area contributed by atoms with Crippen LogP contribution in [-0.4, -0.2) is 29.3 Å². The molecular weight excluding hydrogens is 487 g/mol. The molecule has 1 amide bonds. The Hall–Kier alpha value is -2.19. The average Bonchev–Trinajstić information content (AvgIpc) is 3.12. The molecule has 4 rings (SSSR count). The van der Waals surface area contributed by atoms with E-state index in [1.54, 1.807) is 6.21 Å². The van der Waals surface area contributed by atoms with E-state index in [2.05, 4.69) is 85.6 Å². The van der Waals surface area contributed by atoms with Gasteiger partial charge in [-0.15, -0.1) is 0 Å². The van der Waals surface area contributed by atoms with Gasteiger partial charge in [-0.05, 0) is 59.2 Å². The molecule has 1 aromatic heterocycles.